The Kier molecular flexibility index (Phi) is 18.7. The van der Waals surface area contributed by atoms with E-state index in [0.717, 1.165) is 13.1 Å². The van der Waals surface area contributed by atoms with Crippen LogP contribution in [-0.2, 0) is 4.79 Å². The van der Waals surface area contributed by atoms with E-state index in [9.17, 15) is 4.79 Å². The number of hydrogen-bond acceptors (Lipinski definition) is 2. The van der Waals surface area contributed by atoms with E-state index in [1.807, 2.05) is 13.8 Å². The molecule has 2 nitrogen and oxygen atoms in total. The lowest BCUT2D eigenvalue weighted by atomic mass is 10.0. The van der Waals surface area contributed by atoms with Gasteiger partial charge in [-0.3, -0.25) is 4.79 Å². The number of Topliss-reactive ketones (excluding diaryl/α,β-unsaturated/α-hetero) is 1. The molecule has 0 amide bonds. The van der Waals surface area contributed by atoms with Crippen LogP contribution in [0.5, 0.6) is 0 Å². The van der Waals surface area contributed by atoms with Crippen molar-refractivity contribution in [3.05, 3.63) is 0 Å². The van der Waals surface area contributed by atoms with E-state index in [0.29, 0.717) is 12.2 Å². The number of carbonyl (C=O) groups is 1. The Labute approximate surface area is 152 Å². The second kappa shape index (κ2) is 19.0. The van der Waals surface area contributed by atoms with Crippen molar-refractivity contribution in [1.82, 2.24) is 5.32 Å². The normalized spacial score (nSPS) is 12.5. The van der Waals surface area contributed by atoms with Gasteiger partial charge in [-0.25, -0.2) is 0 Å². The van der Waals surface area contributed by atoms with Crippen molar-refractivity contribution in [3.8, 4) is 0 Å². The van der Waals surface area contributed by atoms with Gasteiger partial charge in [0.2, 0.25) is 0 Å². The summed E-state index contributed by atoms with van der Waals surface area (Å²) >= 11 is 0. The van der Waals surface area contributed by atoms with Crippen molar-refractivity contribution in [2.75, 3.05) is 13.1 Å². The highest BCUT2D eigenvalue weighted by atomic mass is 16.1. The fourth-order valence-electron chi connectivity index (χ4n) is 3.23. The summed E-state index contributed by atoms with van der Waals surface area (Å²) in [6.45, 7) is 8.19. The summed E-state index contributed by atoms with van der Waals surface area (Å²) in [5.74, 6) is 0.560. The molecule has 144 valence electrons. The first kappa shape index (κ1) is 23.6. The second-order valence-corrected chi connectivity index (χ2v) is 7.52. The number of nitrogens with one attached hydrogen (secondary N) is 1. The molecular weight excluding hydrogens is 294 g/mol. The van der Waals surface area contributed by atoms with Crippen LogP contribution in [-0.4, -0.2) is 18.9 Å². The zero-order valence-electron chi connectivity index (χ0n) is 17.0. The van der Waals surface area contributed by atoms with Crippen LogP contribution in [0, 0.1) is 5.92 Å². The maximum atomic E-state index is 11.5. The molecule has 0 aliphatic heterocycles. The van der Waals surface area contributed by atoms with Gasteiger partial charge >= 0.3 is 0 Å². The molecule has 2 heteroatoms. The van der Waals surface area contributed by atoms with Gasteiger partial charge in [-0.2, -0.15) is 0 Å². The molecule has 0 bridgehead atoms. The molecule has 0 aromatic heterocycles. The summed E-state index contributed by atoms with van der Waals surface area (Å²) in [6, 6.07) is 0. The summed E-state index contributed by atoms with van der Waals surface area (Å²) < 4.78 is 0. The van der Waals surface area contributed by atoms with Crippen LogP contribution in [0.15, 0.2) is 0 Å². The highest BCUT2D eigenvalue weighted by molar-refractivity contribution is 5.80. The minimum absolute atomic E-state index is 0.182. The Bertz CT molecular complexity index is 265. The first-order valence-electron chi connectivity index (χ1n) is 11.0. The van der Waals surface area contributed by atoms with Gasteiger partial charge in [0, 0.05) is 18.9 Å². The molecule has 0 radical (unpaired) electrons. The fraction of sp³-hybridized carbons (Fsp3) is 0.955. The fourth-order valence-corrected chi connectivity index (χ4v) is 3.23. The Morgan fingerprint density at radius 1 is 0.708 bits per heavy atom. The van der Waals surface area contributed by atoms with Gasteiger partial charge in [-0.15, -0.1) is 0 Å². The summed E-state index contributed by atoms with van der Waals surface area (Å²) in [5.41, 5.74) is 0. The molecule has 1 N–H and O–H groups in total. The van der Waals surface area contributed by atoms with Crippen molar-refractivity contribution in [2.45, 2.75) is 117 Å². The van der Waals surface area contributed by atoms with Crippen LogP contribution >= 0.6 is 0 Å². The lowest BCUT2D eigenvalue weighted by molar-refractivity contribution is -0.121. The molecule has 0 heterocycles. The van der Waals surface area contributed by atoms with Crippen LogP contribution in [0.2, 0.25) is 0 Å². The van der Waals surface area contributed by atoms with Crippen LogP contribution < -0.4 is 5.32 Å². The Hall–Kier alpha value is -0.370. The maximum Gasteiger partial charge on any atom is 0.136 e. The standard InChI is InChI=1S/C22H45NO/c1-4-6-7-8-9-10-11-12-13-14-15-16-17-18-19-23-20-21(3)22(24)5-2/h21,23H,4-20H2,1-3H3. The first-order chi connectivity index (χ1) is 11.7. The van der Waals surface area contributed by atoms with Gasteiger partial charge in [0.05, 0.1) is 0 Å². The Morgan fingerprint density at radius 3 is 1.54 bits per heavy atom. The zero-order chi connectivity index (χ0) is 17.9. The SMILES string of the molecule is CCCCCCCCCCCCCCCCNCC(C)C(=O)CC. The third kappa shape index (κ3) is 16.5. The van der Waals surface area contributed by atoms with Gasteiger partial charge in [0.1, 0.15) is 5.78 Å². The van der Waals surface area contributed by atoms with Gasteiger partial charge in [0.15, 0.2) is 0 Å². The largest absolute Gasteiger partial charge is 0.316 e. The molecule has 0 spiro atoms. The van der Waals surface area contributed by atoms with Gasteiger partial charge < -0.3 is 5.32 Å². The average molecular weight is 340 g/mol. The van der Waals surface area contributed by atoms with Crippen LogP contribution in [0.4, 0.5) is 0 Å². The van der Waals surface area contributed by atoms with E-state index in [4.69, 9.17) is 0 Å². The number of rotatable bonds is 19. The van der Waals surface area contributed by atoms with Gasteiger partial charge in [0.25, 0.3) is 0 Å². The van der Waals surface area contributed by atoms with Gasteiger partial charge in [-0.1, -0.05) is 104 Å². The molecule has 0 rings (SSSR count). The molecule has 1 atom stereocenters. The molecule has 1 unspecified atom stereocenters. The third-order valence-electron chi connectivity index (χ3n) is 5.06. The van der Waals surface area contributed by atoms with Crippen molar-refractivity contribution in [1.29, 1.82) is 0 Å². The molecule has 0 aromatic carbocycles. The van der Waals surface area contributed by atoms with Crippen molar-refractivity contribution < 1.29 is 4.79 Å². The number of unbranched alkanes of at least 4 members (excludes halogenated alkanes) is 13. The molecule has 0 saturated heterocycles. The van der Waals surface area contributed by atoms with Crippen molar-refractivity contribution >= 4 is 5.78 Å². The summed E-state index contributed by atoms with van der Waals surface area (Å²) in [6.07, 6.45) is 20.4. The first-order valence-corrected chi connectivity index (χ1v) is 11.0. The molecule has 0 aliphatic carbocycles. The summed E-state index contributed by atoms with van der Waals surface area (Å²) in [7, 11) is 0. The van der Waals surface area contributed by atoms with Crippen molar-refractivity contribution in [3.63, 3.8) is 0 Å². The highest BCUT2D eigenvalue weighted by Crippen LogP contribution is 2.12. The van der Waals surface area contributed by atoms with E-state index >= 15 is 0 Å². The Morgan fingerprint density at radius 2 is 1.12 bits per heavy atom. The number of ketones is 1. The van der Waals surface area contributed by atoms with E-state index in [2.05, 4.69) is 12.2 Å². The molecule has 24 heavy (non-hydrogen) atoms. The highest BCUT2D eigenvalue weighted by Gasteiger charge is 2.08. The Balaban J connectivity index is 3.09. The second-order valence-electron chi connectivity index (χ2n) is 7.52. The van der Waals surface area contributed by atoms with E-state index in [1.165, 1.54) is 89.9 Å². The smallest absolute Gasteiger partial charge is 0.136 e. The summed E-state index contributed by atoms with van der Waals surface area (Å²) in [5, 5.41) is 3.42. The number of carbonyl (C=O) groups excluding carboxylic acids is 1. The predicted octanol–water partition coefficient (Wildman–Crippen LogP) is 6.67. The third-order valence-corrected chi connectivity index (χ3v) is 5.06. The summed E-state index contributed by atoms with van der Waals surface area (Å²) in [4.78, 5) is 11.5. The van der Waals surface area contributed by atoms with Crippen LogP contribution in [0.1, 0.15) is 117 Å². The number of hydrogen-bond donors (Lipinski definition) is 1. The van der Waals surface area contributed by atoms with E-state index in [1.54, 1.807) is 0 Å². The van der Waals surface area contributed by atoms with Crippen molar-refractivity contribution in [2.24, 2.45) is 5.92 Å². The monoisotopic (exact) mass is 339 g/mol. The van der Waals surface area contributed by atoms with Crippen LogP contribution in [0.25, 0.3) is 0 Å². The zero-order valence-corrected chi connectivity index (χ0v) is 17.0. The molecule has 0 aliphatic rings. The van der Waals surface area contributed by atoms with Gasteiger partial charge in [-0.05, 0) is 13.0 Å². The minimum Gasteiger partial charge on any atom is -0.316 e. The molecule has 0 saturated carbocycles. The molecular formula is C22H45NO. The minimum atomic E-state index is 0.182. The van der Waals surface area contributed by atoms with E-state index < -0.39 is 0 Å². The maximum absolute atomic E-state index is 11.5. The topological polar surface area (TPSA) is 29.1 Å². The quantitative estimate of drug-likeness (QED) is 0.266. The molecule has 0 aromatic rings. The van der Waals surface area contributed by atoms with E-state index in [-0.39, 0.29) is 5.92 Å². The molecule has 0 fully saturated rings. The van der Waals surface area contributed by atoms with Crippen LogP contribution in [0.3, 0.4) is 0 Å². The lowest BCUT2D eigenvalue weighted by Crippen LogP contribution is -2.26. The predicted molar refractivity (Wildman–Crippen MR) is 108 cm³/mol. The average Bonchev–Trinajstić information content (AvgIpc) is 2.60. The lowest BCUT2D eigenvalue weighted by Gasteiger charge is -2.10.